The second kappa shape index (κ2) is 4.92. The molecule has 0 amide bonds. The van der Waals surface area contributed by atoms with Crippen LogP contribution in [0.5, 0.6) is 5.88 Å². The van der Waals surface area contributed by atoms with Crippen molar-refractivity contribution in [2.75, 3.05) is 0 Å². The molecule has 0 fully saturated rings. The molecule has 88 valence electrons. The van der Waals surface area contributed by atoms with E-state index in [2.05, 4.69) is 4.98 Å². The van der Waals surface area contributed by atoms with Gasteiger partial charge in [-0.2, -0.15) is 4.73 Å². The Morgan fingerprint density at radius 1 is 1.53 bits per heavy atom. The van der Waals surface area contributed by atoms with Gasteiger partial charge in [0.05, 0.1) is 5.38 Å². The smallest absolute Gasteiger partial charge is 0.312 e. The molecule has 17 heavy (non-hydrogen) atoms. The first-order valence-corrected chi connectivity index (χ1v) is 5.92. The standard InChI is InChI=1S/C11H10N2O3S/c1-2-10(14)16-9-7-17-11(12-9)8-3-5-13(15)6-4-8/h3-7H,2H2,1H3. The van der Waals surface area contributed by atoms with Crippen LogP contribution in [-0.4, -0.2) is 11.0 Å². The zero-order valence-electron chi connectivity index (χ0n) is 9.12. The van der Waals surface area contributed by atoms with Crippen molar-refractivity contribution < 1.29 is 14.3 Å². The zero-order valence-corrected chi connectivity index (χ0v) is 9.94. The summed E-state index contributed by atoms with van der Waals surface area (Å²) in [5, 5.41) is 13.3. The van der Waals surface area contributed by atoms with Crippen LogP contribution in [-0.2, 0) is 4.79 Å². The van der Waals surface area contributed by atoms with Gasteiger partial charge in [0.25, 0.3) is 0 Å². The van der Waals surface area contributed by atoms with E-state index in [1.807, 2.05) is 0 Å². The summed E-state index contributed by atoms with van der Waals surface area (Å²) in [6.07, 6.45) is 3.11. The highest BCUT2D eigenvalue weighted by Crippen LogP contribution is 2.26. The molecule has 0 spiro atoms. The first-order chi connectivity index (χ1) is 8.19. The Bertz CT molecular complexity index is 522. The molecule has 0 N–H and O–H groups in total. The lowest BCUT2D eigenvalue weighted by Gasteiger charge is -1.97. The third-order valence-electron chi connectivity index (χ3n) is 2.04. The van der Waals surface area contributed by atoms with Crippen molar-refractivity contribution in [2.45, 2.75) is 13.3 Å². The summed E-state index contributed by atoms with van der Waals surface area (Å²) in [5.41, 5.74) is 0.820. The van der Waals surface area contributed by atoms with Gasteiger partial charge in [0.2, 0.25) is 5.88 Å². The van der Waals surface area contributed by atoms with Crippen molar-refractivity contribution in [3.05, 3.63) is 35.1 Å². The maximum absolute atomic E-state index is 11.1. The largest absolute Gasteiger partial charge is 0.619 e. The van der Waals surface area contributed by atoms with Gasteiger partial charge in [-0.05, 0) is 0 Å². The van der Waals surface area contributed by atoms with Gasteiger partial charge in [-0.3, -0.25) is 4.79 Å². The van der Waals surface area contributed by atoms with Crippen molar-refractivity contribution in [1.29, 1.82) is 0 Å². The fourth-order valence-electron chi connectivity index (χ4n) is 1.18. The molecule has 0 radical (unpaired) electrons. The minimum Gasteiger partial charge on any atom is -0.619 e. The van der Waals surface area contributed by atoms with E-state index < -0.39 is 0 Å². The molecular formula is C11H10N2O3S. The molecule has 0 atom stereocenters. The summed E-state index contributed by atoms with van der Waals surface area (Å²) in [6.45, 7) is 1.72. The van der Waals surface area contributed by atoms with Crippen LogP contribution in [0.4, 0.5) is 0 Å². The highest BCUT2D eigenvalue weighted by Gasteiger charge is 2.09. The topological polar surface area (TPSA) is 66.1 Å². The van der Waals surface area contributed by atoms with E-state index in [0.717, 1.165) is 5.56 Å². The Hall–Kier alpha value is -1.95. The van der Waals surface area contributed by atoms with Gasteiger partial charge in [-0.25, -0.2) is 4.98 Å². The van der Waals surface area contributed by atoms with Gasteiger partial charge >= 0.3 is 5.97 Å². The van der Waals surface area contributed by atoms with Gasteiger partial charge in [0, 0.05) is 24.1 Å². The predicted molar refractivity (Wildman–Crippen MR) is 62.4 cm³/mol. The third kappa shape index (κ3) is 2.79. The fourth-order valence-corrected chi connectivity index (χ4v) is 1.91. The summed E-state index contributed by atoms with van der Waals surface area (Å²) >= 11 is 1.36. The van der Waals surface area contributed by atoms with Crippen LogP contribution in [0.3, 0.4) is 0 Å². The van der Waals surface area contributed by atoms with Gasteiger partial charge in [-0.15, -0.1) is 11.3 Å². The first-order valence-electron chi connectivity index (χ1n) is 5.04. The summed E-state index contributed by atoms with van der Waals surface area (Å²) in [7, 11) is 0. The molecule has 0 aliphatic carbocycles. The number of rotatable bonds is 3. The van der Waals surface area contributed by atoms with E-state index in [1.165, 1.54) is 23.7 Å². The van der Waals surface area contributed by atoms with Crippen LogP contribution in [0.1, 0.15) is 13.3 Å². The Kier molecular flexibility index (Phi) is 3.34. The van der Waals surface area contributed by atoms with E-state index >= 15 is 0 Å². The minimum atomic E-state index is -0.313. The molecule has 2 aromatic heterocycles. The van der Waals surface area contributed by atoms with Crippen molar-refractivity contribution >= 4 is 17.3 Å². The molecule has 0 saturated carbocycles. The van der Waals surface area contributed by atoms with Crippen molar-refractivity contribution in [3.63, 3.8) is 0 Å². The number of pyridine rings is 1. The molecule has 5 nitrogen and oxygen atoms in total. The molecule has 2 aromatic rings. The minimum absolute atomic E-state index is 0.302. The van der Waals surface area contributed by atoms with Gasteiger partial charge in [-0.1, -0.05) is 6.92 Å². The number of esters is 1. The highest BCUT2D eigenvalue weighted by molar-refractivity contribution is 7.13. The van der Waals surface area contributed by atoms with E-state index in [1.54, 1.807) is 24.4 Å². The molecule has 2 heterocycles. The highest BCUT2D eigenvalue weighted by atomic mass is 32.1. The lowest BCUT2D eigenvalue weighted by molar-refractivity contribution is -0.605. The first kappa shape index (κ1) is 11.5. The molecule has 0 saturated heterocycles. The van der Waals surface area contributed by atoms with Gasteiger partial charge in [0.15, 0.2) is 12.4 Å². The van der Waals surface area contributed by atoms with Crippen molar-refractivity contribution in [1.82, 2.24) is 4.98 Å². The third-order valence-corrected chi connectivity index (χ3v) is 2.91. The molecule has 2 rings (SSSR count). The van der Waals surface area contributed by atoms with Gasteiger partial charge in [0.1, 0.15) is 5.01 Å². The van der Waals surface area contributed by atoms with E-state index in [4.69, 9.17) is 4.74 Å². The number of carbonyl (C=O) groups is 1. The Labute approximate surface area is 102 Å². The predicted octanol–water partition coefficient (Wildman–Crippen LogP) is 1.76. The molecule has 0 aromatic carbocycles. The van der Waals surface area contributed by atoms with Crippen LogP contribution < -0.4 is 9.47 Å². The average molecular weight is 250 g/mol. The van der Waals surface area contributed by atoms with E-state index in [9.17, 15) is 10.0 Å². The van der Waals surface area contributed by atoms with Gasteiger partial charge < -0.3 is 9.94 Å². The summed E-state index contributed by atoms with van der Waals surface area (Å²) in [4.78, 5) is 15.2. The monoisotopic (exact) mass is 250 g/mol. The number of ether oxygens (including phenoxy) is 1. The Balaban J connectivity index is 2.18. The molecular weight excluding hydrogens is 240 g/mol. The summed E-state index contributed by atoms with van der Waals surface area (Å²) < 4.78 is 5.69. The van der Waals surface area contributed by atoms with E-state index in [-0.39, 0.29) is 5.97 Å². The Morgan fingerprint density at radius 3 is 2.88 bits per heavy atom. The van der Waals surface area contributed by atoms with Crippen LogP contribution >= 0.6 is 11.3 Å². The number of aromatic nitrogens is 2. The van der Waals surface area contributed by atoms with Crippen molar-refractivity contribution in [2.24, 2.45) is 0 Å². The quantitative estimate of drug-likeness (QED) is 0.473. The SMILES string of the molecule is CCC(=O)Oc1csc(-c2cc[n+]([O-])cc2)n1. The number of hydrogen-bond donors (Lipinski definition) is 0. The molecule has 0 unspecified atom stereocenters. The molecule has 0 aliphatic heterocycles. The Morgan fingerprint density at radius 2 is 2.24 bits per heavy atom. The molecule has 6 heteroatoms. The second-order valence-corrected chi connectivity index (χ2v) is 4.12. The van der Waals surface area contributed by atoms with Crippen LogP contribution in [0.2, 0.25) is 0 Å². The van der Waals surface area contributed by atoms with Crippen LogP contribution in [0, 0.1) is 5.21 Å². The lowest BCUT2D eigenvalue weighted by Crippen LogP contribution is -2.23. The normalized spacial score (nSPS) is 10.2. The zero-order chi connectivity index (χ0) is 12.3. The average Bonchev–Trinajstić information content (AvgIpc) is 2.78. The number of hydrogen-bond acceptors (Lipinski definition) is 5. The number of carbonyl (C=O) groups excluding carboxylic acids is 1. The fraction of sp³-hybridized carbons (Fsp3) is 0.182. The second-order valence-electron chi connectivity index (χ2n) is 3.27. The summed E-state index contributed by atoms with van der Waals surface area (Å²) in [5.74, 6) is -0.0111. The number of nitrogens with zero attached hydrogens (tertiary/aromatic N) is 2. The molecule has 0 bridgehead atoms. The maximum atomic E-state index is 11.1. The molecule has 0 aliphatic rings. The van der Waals surface area contributed by atoms with Crippen molar-refractivity contribution in [3.8, 4) is 16.5 Å². The maximum Gasteiger partial charge on any atom is 0.312 e. The van der Waals surface area contributed by atoms with Crippen LogP contribution in [0.15, 0.2) is 29.9 Å². The van der Waals surface area contributed by atoms with Crippen LogP contribution in [0.25, 0.3) is 10.6 Å². The lowest BCUT2D eigenvalue weighted by atomic mass is 10.3. The summed E-state index contributed by atoms with van der Waals surface area (Å²) in [6, 6.07) is 3.33. The number of thiazole rings is 1. The van der Waals surface area contributed by atoms with E-state index in [0.29, 0.717) is 22.0 Å².